The van der Waals surface area contributed by atoms with E-state index >= 15 is 0 Å². The van der Waals surface area contributed by atoms with E-state index in [1.807, 2.05) is 6.66 Å². The summed E-state index contributed by atoms with van der Waals surface area (Å²) in [6.45, 7) is 4.28. The van der Waals surface area contributed by atoms with Crippen molar-refractivity contribution in [3.05, 3.63) is 0 Å². The zero-order valence-electron chi connectivity index (χ0n) is 6.69. The summed E-state index contributed by atoms with van der Waals surface area (Å²) >= 11 is 0. The first kappa shape index (κ1) is 9.43. The van der Waals surface area contributed by atoms with Crippen LogP contribution in [0.1, 0.15) is 39.0 Å². The van der Waals surface area contributed by atoms with Crippen LogP contribution in [0.2, 0.25) is 0 Å². The van der Waals surface area contributed by atoms with Gasteiger partial charge in [-0.1, -0.05) is 45.7 Å². The second-order valence-corrected chi connectivity index (χ2v) is 2.74. The molecule has 0 radical (unpaired) electrons. The van der Waals surface area contributed by atoms with E-state index in [2.05, 4.69) is 16.2 Å². The van der Waals surface area contributed by atoms with Crippen LogP contribution >= 0.6 is 9.24 Å². The Morgan fingerprint density at radius 2 is 1.44 bits per heavy atom. The molecule has 1 aliphatic carbocycles. The van der Waals surface area contributed by atoms with Crippen molar-refractivity contribution >= 4 is 9.24 Å². The van der Waals surface area contributed by atoms with E-state index in [0.29, 0.717) is 0 Å². The van der Waals surface area contributed by atoms with Crippen LogP contribution in [0.25, 0.3) is 0 Å². The minimum Gasteiger partial charge on any atom is -0.141 e. The molecule has 0 aromatic heterocycles. The molecule has 0 bridgehead atoms. The number of hydrogen-bond donors (Lipinski definition) is 0. The third kappa shape index (κ3) is 4.90. The van der Waals surface area contributed by atoms with Gasteiger partial charge < -0.3 is 0 Å². The van der Waals surface area contributed by atoms with Crippen molar-refractivity contribution in [2.24, 2.45) is 5.92 Å². The van der Waals surface area contributed by atoms with Gasteiger partial charge in [-0.05, 0) is 5.92 Å². The van der Waals surface area contributed by atoms with Gasteiger partial charge in [0.2, 0.25) is 0 Å². The van der Waals surface area contributed by atoms with Crippen molar-refractivity contribution in [1.29, 1.82) is 0 Å². The highest BCUT2D eigenvalue weighted by Gasteiger charge is 2.05. The molecule has 1 aliphatic rings. The monoisotopic (exact) mass is 146 g/mol. The second kappa shape index (κ2) is 6.55. The third-order valence-electron chi connectivity index (χ3n) is 1.89. The van der Waals surface area contributed by atoms with Gasteiger partial charge in [0, 0.05) is 0 Å². The molecule has 1 saturated carbocycles. The highest BCUT2D eigenvalue weighted by Crippen LogP contribution is 2.21. The molecule has 56 valence electrons. The molecule has 0 aliphatic heterocycles. The molecule has 0 spiro atoms. The van der Waals surface area contributed by atoms with Gasteiger partial charge in [-0.3, -0.25) is 0 Å². The molecule has 0 heterocycles. The van der Waals surface area contributed by atoms with Crippen molar-refractivity contribution in [2.75, 3.05) is 6.66 Å². The molecular formula is C8H19P. The predicted molar refractivity (Wildman–Crippen MR) is 47.9 cm³/mol. The smallest absolute Gasteiger partial charge is 0.0443 e. The van der Waals surface area contributed by atoms with Gasteiger partial charge >= 0.3 is 0 Å². The first-order valence-corrected chi connectivity index (χ1v) is 5.13. The Morgan fingerprint density at radius 3 is 1.67 bits per heavy atom. The van der Waals surface area contributed by atoms with Crippen LogP contribution in [0.15, 0.2) is 0 Å². The Bertz CT molecular complexity index is 46.5. The maximum atomic E-state index is 2.42. The zero-order chi connectivity index (χ0) is 7.11. The molecule has 0 aromatic rings. The average Bonchev–Trinajstić information content (AvgIpc) is 1.94. The lowest BCUT2D eigenvalue weighted by atomic mass is 9.91. The summed E-state index contributed by atoms with van der Waals surface area (Å²) in [5.41, 5.74) is 0. The maximum absolute atomic E-state index is 2.42. The van der Waals surface area contributed by atoms with E-state index in [9.17, 15) is 0 Å². The Balaban J connectivity index is 0.000000291. The third-order valence-corrected chi connectivity index (χ3v) is 1.89. The molecule has 1 atom stereocenters. The summed E-state index contributed by atoms with van der Waals surface area (Å²) in [5, 5.41) is 0. The Morgan fingerprint density at radius 1 is 1.00 bits per heavy atom. The normalized spacial score (nSPS) is 20.3. The topological polar surface area (TPSA) is 0 Å². The molecule has 0 amide bonds. The SMILES string of the molecule is CC1CCCCC1.CP. The van der Waals surface area contributed by atoms with E-state index in [0.717, 1.165) is 5.92 Å². The summed E-state index contributed by atoms with van der Waals surface area (Å²) in [5.74, 6) is 1.04. The minimum atomic E-state index is 1.04. The predicted octanol–water partition coefficient (Wildman–Crippen LogP) is 3.08. The average molecular weight is 146 g/mol. The summed E-state index contributed by atoms with van der Waals surface area (Å²) in [4.78, 5) is 0. The molecule has 0 saturated heterocycles. The Kier molecular flexibility index (Phi) is 6.86. The standard InChI is InChI=1S/C7H14.CH5P/c1-7-5-3-2-4-6-7;1-2/h7H,2-6H2,1H3;2H2,1H3. The quantitative estimate of drug-likeness (QED) is 0.461. The highest BCUT2D eigenvalue weighted by molar-refractivity contribution is 7.15. The molecule has 1 rings (SSSR count). The summed E-state index contributed by atoms with van der Waals surface area (Å²) in [6, 6.07) is 0. The largest absolute Gasteiger partial charge is 0.141 e. The van der Waals surface area contributed by atoms with Crippen LogP contribution in [-0.4, -0.2) is 6.66 Å². The van der Waals surface area contributed by atoms with E-state index in [1.54, 1.807) is 0 Å². The van der Waals surface area contributed by atoms with Gasteiger partial charge in [-0.15, -0.1) is 9.24 Å². The number of hydrogen-bond acceptors (Lipinski definition) is 0. The number of rotatable bonds is 0. The van der Waals surface area contributed by atoms with Gasteiger partial charge in [0.25, 0.3) is 0 Å². The molecule has 0 aromatic carbocycles. The Hall–Kier alpha value is 0.430. The van der Waals surface area contributed by atoms with Crippen LogP contribution in [-0.2, 0) is 0 Å². The van der Waals surface area contributed by atoms with Crippen molar-refractivity contribution in [3.8, 4) is 0 Å². The van der Waals surface area contributed by atoms with Crippen LogP contribution in [0.3, 0.4) is 0 Å². The second-order valence-electron chi connectivity index (χ2n) is 2.74. The van der Waals surface area contributed by atoms with E-state index in [4.69, 9.17) is 0 Å². The lowest BCUT2D eigenvalue weighted by Gasteiger charge is -2.15. The van der Waals surface area contributed by atoms with Crippen molar-refractivity contribution < 1.29 is 0 Å². The zero-order valence-corrected chi connectivity index (χ0v) is 7.84. The summed E-state index contributed by atoms with van der Waals surface area (Å²) in [6.07, 6.45) is 7.44. The fraction of sp³-hybridized carbons (Fsp3) is 1.00. The fourth-order valence-electron chi connectivity index (χ4n) is 1.31. The van der Waals surface area contributed by atoms with E-state index < -0.39 is 0 Å². The molecule has 9 heavy (non-hydrogen) atoms. The highest BCUT2D eigenvalue weighted by atomic mass is 31.0. The summed E-state index contributed by atoms with van der Waals surface area (Å²) < 4.78 is 0. The van der Waals surface area contributed by atoms with E-state index in [-0.39, 0.29) is 0 Å². The van der Waals surface area contributed by atoms with Crippen LogP contribution in [0.4, 0.5) is 0 Å². The fourth-order valence-corrected chi connectivity index (χ4v) is 1.31. The molecule has 0 nitrogen and oxygen atoms in total. The van der Waals surface area contributed by atoms with Gasteiger partial charge in [-0.2, -0.15) is 0 Å². The first-order valence-electron chi connectivity index (χ1n) is 3.97. The first-order chi connectivity index (χ1) is 4.39. The molecule has 1 fully saturated rings. The molecule has 1 unspecified atom stereocenters. The van der Waals surface area contributed by atoms with Gasteiger partial charge in [-0.25, -0.2) is 0 Å². The van der Waals surface area contributed by atoms with Gasteiger partial charge in [0.05, 0.1) is 0 Å². The van der Waals surface area contributed by atoms with Gasteiger partial charge in [0.15, 0.2) is 0 Å². The molecule has 1 heteroatoms. The van der Waals surface area contributed by atoms with E-state index in [1.165, 1.54) is 32.1 Å². The minimum absolute atomic E-state index is 1.04. The lowest BCUT2D eigenvalue weighted by molar-refractivity contribution is 0.385. The molecule has 0 N–H and O–H groups in total. The van der Waals surface area contributed by atoms with Crippen molar-refractivity contribution in [3.63, 3.8) is 0 Å². The van der Waals surface area contributed by atoms with Crippen LogP contribution < -0.4 is 0 Å². The van der Waals surface area contributed by atoms with Crippen LogP contribution in [0.5, 0.6) is 0 Å². The Labute approximate surface area is 61.6 Å². The van der Waals surface area contributed by atoms with Crippen molar-refractivity contribution in [1.82, 2.24) is 0 Å². The van der Waals surface area contributed by atoms with Crippen molar-refractivity contribution in [2.45, 2.75) is 39.0 Å². The van der Waals surface area contributed by atoms with Crippen LogP contribution in [0, 0.1) is 5.92 Å². The maximum Gasteiger partial charge on any atom is -0.0443 e. The lowest BCUT2D eigenvalue weighted by Crippen LogP contribution is -1.99. The van der Waals surface area contributed by atoms with Gasteiger partial charge in [0.1, 0.15) is 0 Å². The summed E-state index contributed by atoms with van der Waals surface area (Å²) in [7, 11) is 2.42. The molecular weight excluding hydrogens is 127 g/mol.